The molecule has 1 N–H and O–H groups in total. The Kier molecular flexibility index (Phi) is 4.92. The number of nitrogens with one attached hydrogen (secondary N) is 1. The van der Waals surface area contributed by atoms with E-state index in [1.165, 1.54) is 17.0 Å². The van der Waals surface area contributed by atoms with E-state index in [0.29, 0.717) is 6.42 Å². The molecule has 26 heavy (non-hydrogen) atoms. The third-order valence-electron chi connectivity index (χ3n) is 4.19. The van der Waals surface area contributed by atoms with Crippen LogP contribution in [0.25, 0.3) is 0 Å². The maximum Gasteiger partial charge on any atom is 0.417 e. The number of sulfonamides is 1. The van der Waals surface area contributed by atoms with Crippen molar-refractivity contribution in [2.45, 2.75) is 17.4 Å². The number of ether oxygens (including phenoxy) is 1. The molecule has 11 heteroatoms. The lowest BCUT2D eigenvalue weighted by atomic mass is 10.2. The van der Waals surface area contributed by atoms with Crippen molar-refractivity contribution < 1.29 is 31.9 Å². The van der Waals surface area contributed by atoms with Gasteiger partial charge in [0.2, 0.25) is 15.9 Å². The number of carbonyl (C=O) groups is 3. The topological polar surface area (TPSA) is 113 Å². The molecule has 0 radical (unpaired) electrons. The van der Waals surface area contributed by atoms with Crippen molar-refractivity contribution in [1.82, 2.24) is 14.5 Å². The van der Waals surface area contributed by atoms with Gasteiger partial charge in [-0.1, -0.05) is 6.07 Å². The molecule has 9 nitrogen and oxygen atoms in total. The van der Waals surface area contributed by atoms with Crippen LogP contribution in [-0.4, -0.2) is 68.4 Å². The summed E-state index contributed by atoms with van der Waals surface area (Å²) in [5, 5.41) is 0. The molecule has 2 fully saturated rings. The van der Waals surface area contributed by atoms with Gasteiger partial charge in [-0.25, -0.2) is 27.2 Å². The molecule has 140 valence electrons. The number of halogens is 1. The van der Waals surface area contributed by atoms with E-state index in [2.05, 4.69) is 9.46 Å². The fourth-order valence-corrected chi connectivity index (χ4v) is 3.89. The Morgan fingerprint density at radius 1 is 1.35 bits per heavy atom. The SMILES string of the molecule is O=C(CNS(=O)(=O)c1cccc(F)c1)N1CCC(N2C(=O)COC2=O)C1. The Bertz CT molecular complexity index is 843. The van der Waals surface area contributed by atoms with Crippen molar-refractivity contribution in [2.24, 2.45) is 0 Å². The maximum atomic E-state index is 13.2. The van der Waals surface area contributed by atoms with Gasteiger partial charge in [-0.15, -0.1) is 0 Å². The first-order chi connectivity index (χ1) is 12.3. The Labute approximate surface area is 148 Å². The number of hydrogen-bond acceptors (Lipinski definition) is 6. The van der Waals surface area contributed by atoms with Crippen molar-refractivity contribution in [3.05, 3.63) is 30.1 Å². The number of rotatable bonds is 5. The van der Waals surface area contributed by atoms with E-state index in [-0.39, 0.29) is 24.6 Å². The van der Waals surface area contributed by atoms with E-state index >= 15 is 0 Å². The van der Waals surface area contributed by atoms with Gasteiger partial charge in [0.25, 0.3) is 5.91 Å². The predicted octanol–water partition coefficient (Wildman–Crippen LogP) is -0.316. The average molecular weight is 385 g/mol. The summed E-state index contributed by atoms with van der Waals surface area (Å²) < 4.78 is 44.1. The van der Waals surface area contributed by atoms with E-state index in [1.807, 2.05) is 0 Å². The fourth-order valence-electron chi connectivity index (χ4n) is 2.88. The molecule has 1 aromatic rings. The molecule has 0 saturated carbocycles. The van der Waals surface area contributed by atoms with Crippen LogP contribution in [0.5, 0.6) is 0 Å². The van der Waals surface area contributed by atoms with Crippen LogP contribution < -0.4 is 4.72 Å². The summed E-state index contributed by atoms with van der Waals surface area (Å²) in [7, 11) is -4.03. The van der Waals surface area contributed by atoms with E-state index in [0.717, 1.165) is 17.0 Å². The zero-order chi connectivity index (χ0) is 18.9. The Morgan fingerprint density at radius 3 is 2.77 bits per heavy atom. The summed E-state index contributed by atoms with van der Waals surface area (Å²) in [6.07, 6.45) is -0.343. The first kappa shape index (κ1) is 18.3. The predicted molar refractivity (Wildman–Crippen MR) is 84.8 cm³/mol. The zero-order valence-electron chi connectivity index (χ0n) is 13.6. The van der Waals surface area contributed by atoms with Crippen LogP contribution in [0.15, 0.2) is 29.2 Å². The van der Waals surface area contributed by atoms with Crippen LogP contribution in [0.2, 0.25) is 0 Å². The van der Waals surface area contributed by atoms with Gasteiger partial charge >= 0.3 is 6.09 Å². The summed E-state index contributed by atoms with van der Waals surface area (Å²) in [5.41, 5.74) is 0. The van der Waals surface area contributed by atoms with Crippen LogP contribution in [0.4, 0.5) is 9.18 Å². The average Bonchev–Trinajstić information content (AvgIpc) is 3.19. The molecule has 3 rings (SSSR count). The van der Waals surface area contributed by atoms with Crippen molar-refractivity contribution in [3.63, 3.8) is 0 Å². The smallest absolute Gasteiger partial charge is 0.417 e. The molecule has 0 aliphatic carbocycles. The largest absolute Gasteiger partial charge is 0.439 e. The molecule has 0 spiro atoms. The van der Waals surface area contributed by atoms with Crippen molar-refractivity contribution in [1.29, 1.82) is 0 Å². The number of benzene rings is 1. The number of amides is 3. The molecular formula is C15H16FN3O6S. The third kappa shape index (κ3) is 3.68. The molecule has 0 bridgehead atoms. The Morgan fingerprint density at radius 2 is 2.12 bits per heavy atom. The van der Waals surface area contributed by atoms with Gasteiger partial charge in [0.15, 0.2) is 6.61 Å². The minimum atomic E-state index is -4.03. The monoisotopic (exact) mass is 385 g/mol. The molecule has 0 aromatic heterocycles. The van der Waals surface area contributed by atoms with Gasteiger partial charge < -0.3 is 9.64 Å². The second-order valence-corrected chi connectivity index (χ2v) is 7.65. The summed E-state index contributed by atoms with van der Waals surface area (Å²) in [5.74, 6) is -1.67. The highest BCUT2D eigenvalue weighted by atomic mass is 32.2. The normalized spacial score (nSPS) is 20.6. The number of imide groups is 1. The molecule has 2 heterocycles. The summed E-state index contributed by atoms with van der Waals surface area (Å²) in [4.78, 5) is 37.5. The van der Waals surface area contributed by atoms with E-state index in [1.54, 1.807) is 0 Å². The van der Waals surface area contributed by atoms with Gasteiger partial charge in [-0.05, 0) is 24.6 Å². The maximum absolute atomic E-state index is 13.2. The van der Waals surface area contributed by atoms with E-state index < -0.39 is 46.3 Å². The Hall–Kier alpha value is -2.53. The third-order valence-corrected chi connectivity index (χ3v) is 5.58. The molecule has 2 aliphatic heterocycles. The molecular weight excluding hydrogens is 369 g/mol. The minimum Gasteiger partial charge on any atom is -0.439 e. The quantitative estimate of drug-likeness (QED) is 0.744. The minimum absolute atomic E-state index is 0.112. The lowest BCUT2D eigenvalue weighted by Crippen LogP contribution is -2.43. The standard InChI is InChI=1S/C15H16FN3O6S/c16-10-2-1-3-12(6-10)26(23,24)17-7-13(20)18-5-4-11(8-18)19-14(21)9-25-15(19)22/h1-3,6,11,17H,4-5,7-9H2. The van der Waals surface area contributed by atoms with Crippen molar-refractivity contribution in [2.75, 3.05) is 26.2 Å². The van der Waals surface area contributed by atoms with Crippen LogP contribution in [-0.2, 0) is 24.3 Å². The van der Waals surface area contributed by atoms with Crippen LogP contribution in [0.3, 0.4) is 0 Å². The van der Waals surface area contributed by atoms with Crippen LogP contribution >= 0.6 is 0 Å². The molecule has 2 saturated heterocycles. The highest BCUT2D eigenvalue weighted by Crippen LogP contribution is 2.20. The van der Waals surface area contributed by atoms with Gasteiger partial charge in [0.1, 0.15) is 5.82 Å². The van der Waals surface area contributed by atoms with Gasteiger partial charge in [-0.3, -0.25) is 9.59 Å². The van der Waals surface area contributed by atoms with Crippen LogP contribution in [0, 0.1) is 5.82 Å². The second-order valence-electron chi connectivity index (χ2n) is 5.88. The molecule has 2 aliphatic rings. The summed E-state index contributed by atoms with van der Waals surface area (Å²) in [6, 6.07) is 3.94. The number of carbonyl (C=O) groups excluding carboxylic acids is 3. The molecule has 3 amide bonds. The first-order valence-electron chi connectivity index (χ1n) is 7.80. The van der Waals surface area contributed by atoms with E-state index in [9.17, 15) is 27.2 Å². The molecule has 1 unspecified atom stereocenters. The number of cyclic esters (lactones) is 1. The number of likely N-dealkylation sites (tertiary alicyclic amines) is 1. The van der Waals surface area contributed by atoms with Gasteiger partial charge in [0, 0.05) is 13.1 Å². The lowest BCUT2D eigenvalue weighted by Gasteiger charge is -2.20. The second kappa shape index (κ2) is 7.00. The first-order valence-corrected chi connectivity index (χ1v) is 9.28. The highest BCUT2D eigenvalue weighted by Gasteiger charge is 2.41. The number of nitrogens with zero attached hydrogens (tertiary/aromatic N) is 2. The van der Waals surface area contributed by atoms with E-state index in [4.69, 9.17) is 0 Å². The van der Waals surface area contributed by atoms with Gasteiger partial charge in [-0.2, -0.15) is 0 Å². The van der Waals surface area contributed by atoms with Gasteiger partial charge in [0.05, 0.1) is 17.5 Å². The van der Waals surface area contributed by atoms with Crippen molar-refractivity contribution in [3.8, 4) is 0 Å². The lowest BCUT2D eigenvalue weighted by molar-refractivity contribution is -0.130. The van der Waals surface area contributed by atoms with Crippen LogP contribution in [0.1, 0.15) is 6.42 Å². The van der Waals surface area contributed by atoms with Crippen molar-refractivity contribution >= 4 is 27.9 Å². The highest BCUT2D eigenvalue weighted by molar-refractivity contribution is 7.89. The number of hydrogen-bond donors (Lipinski definition) is 1. The fraction of sp³-hybridized carbons (Fsp3) is 0.400. The molecule has 1 aromatic carbocycles. The Balaban J connectivity index is 1.57. The summed E-state index contributed by atoms with van der Waals surface area (Å²) in [6.45, 7) is -0.426. The molecule has 1 atom stereocenters. The summed E-state index contributed by atoms with van der Waals surface area (Å²) >= 11 is 0. The zero-order valence-corrected chi connectivity index (χ0v) is 14.4.